The van der Waals surface area contributed by atoms with Crippen LogP contribution in [0.5, 0.6) is 5.75 Å². The van der Waals surface area contributed by atoms with Crippen molar-refractivity contribution in [3.05, 3.63) is 65.2 Å². The van der Waals surface area contributed by atoms with Gasteiger partial charge >= 0.3 is 0 Å². The van der Waals surface area contributed by atoms with Gasteiger partial charge in [-0.2, -0.15) is 0 Å². The standard InChI is InChI=1S/C28H35N5OS/c1-4-31-20-23-19-24(34-3)10-11-26(23)30-28(31)35-18-13-21(2)32-14-16-33(17-15-32)27-12-9-22-7-5-6-8-25(22)29-27/h5-12,19-21,28H,4,13-18H2,1-3H3. The van der Waals surface area contributed by atoms with Crippen LogP contribution in [0.4, 0.5) is 5.82 Å². The Kier molecular flexibility index (Phi) is 7.44. The molecule has 3 aromatic rings. The van der Waals surface area contributed by atoms with Crippen molar-refractivity contribution in [1.29, 1.82) is 0 Å². The number of hydrogen-bond acceptors (Lipinski definition) is 7. The molecular formula is C28H35N5OS. The summed E-state index contributed by atoms with van der Waals surface area (Å²) in [4.78, 5) is 17.3. The van der Waals surface area contributed by atoms with Gasteiger partial charge in [-0.3, -0.25) is 4.90 Å². The topological polar surface area (TPSA) is 44.2 Å². The van der Waals surface area contributed by atoms with E-state index < -0.39 is 0 Å². The number of rotatable bonds is 8. The summed E-state index contributed by atoms with van der Waals surface area (Å²) in [6.07, 6.45) is 3.39. The Morgan fingerprint density at radius 2 is 1.89 bits per heavy atom. The monoisotopic (exact) mass is 489 g/mol. The second-order valence-corrected chi connectivity index (χ2v) is 10.4. The number of hydrogen-bond donors (Lipinski definition) is 0. The lowest BCUT2D eigenvalue weighted by molar-refractivity contribution is 0.193. The second kappa shape index (κ2) is 10.9. The van der Waals surface area contributed by atoms with Crippen LogP contribution in [-0.4, -0.2) is 71.9 Å². The van der Waals surface area contributed by atoms with Crippen LogP contribution < -0.4 is 20.2 Å². The molecule has 0 N–H and O–H groups in total. The lowest BCUT2D eigenvalue weighted by atomic mass is 10.2. The van der Waals surface area contributed by atoms with Gasteiger partial charge in [0.2, 0.25) is 0 Å². The van der Waals surface area contributed by atoms with Gasteiger partial charge in [-0.15, -0.1) is 11.8 Å². The summed E-state index contributed by atoms with van der Waals surface area (Å²) in [5, 5.41) is 3.39. The number of piperazine rings is 1. The number of pyridine rings is 1. The molecule has 2 aromatic carbocycles. The predicted octanol–water partition coefficient (Wildman–Crippen LogP) is 3.55. The maximum Gasteiger partial charge on any atom is 0.169 e. The second-order valence-electron chi connectivity index (χ2n) is 9.23. The lowest BCUT2D eigenvalue weighted by Crippen LogP contribution is -2.50. The molecule has 0 spiro atoms. The number of methoxy groups -OCH3 is 1. The zero-order valence-corrected chi connectivity index (χ0v) is 21.7. The van der Waals surface area contributed by atoms with E-state index in [1.165, 1.54) is 5.39 Å². The number of para-hydroxylation sites is 1. The van der Waals surface area contributed by atoms with E-state index in [9.17, 15) is 0 Å². The van der Waals surface area contributed by atoms with Crippen molar-refractivity contribution in [3.63, 3.8) is 0 Å². The largest absolute Gasteiger partial charge is 0.497 e. The molecule has 35 heavy (non-hydrogen) atoms. The van der Waals surface area contributed by atoms with Crippen molar-refractivity contribution in [2.24, 2.45) is 4.99 Å². The van der Waals surface area contributed by atoms with Gasteiger partial charge in [-0.1, -0.05) is 18.2 Å². The highest BCUT2D eigenvalue weighted by Gasteiger charge is 2.23. The number of thioether (sulfide) groups is 1. The Morgan fingerprint density at radius 1 is 1.06 bits per heavy atom. The third-order valence-corrected chi connectivity index (χ3v) is 8.23. The average molecular weight is 490 g/mol. The van der Waals surface area contributed by atoms with Crippen molar-refractivity contribution in [3.8, 4) is 5.75 Å². The Bertz CT molecular complexity index is 1270. The van der Waals surface area contributed by atoms with Crippen LogP contribution in [0.2, 0.25) is 0 Å². The van der Waals surface area contributed by atoms with Gasteiger partial charge < -0.3 is 14.5 Å². The molecule has 5 rings (SSSR count). The Hall–Kier alpha value is -2.77. The minimum Gasteiger partial charge on any atom is -0.497 e. The maximum absolute atomic E-state index is 5.38. The third kappa shape index (κ3) is 5.41. The molecule has 1 aromatic heterocycles. The fraction of sp³-hybridized carbons (Fsp3) is 0.429. The Morgan fingerprint density at radius 3 is 2.69 bits per heavy atom. The van der Waals surface area contributed by atoms with E-state index >= 15 is 0 Å². The summed E-state index contributed by atoms with van der Waals surface area (Å²) in [6, 6.07) is 19.4. The SMILES string of the molecule is CCN1C=c2cc(OC)ccc2=NC1SCCC(C)N1CCN(c2ccc3ccccc3n2)CC1. The Balaban J connectivity index is 1.13. The van der Waals surface area contributed by atoms with Gasteiger partial charge in [0.25, 0.3) is 0 Å². The van der Waals surface area contributed by atoms with E-state index in [1.54, 1.807) is 7.11 Å². The van der Waals surface area contributed by atoms with E-state index in [2.05, 4.69) is 83.3 Å². The summed E-state index contributed by atoms with van der Waals surface area (Å²) in [6.45, 7) is 9.72. The molecule has 7 heteroatoms. The van der Waals surface area contributed by atoms with Gasteiger partial charge in [0, 0.05) is 55.6 Å². The minimum atomic E-state index is 0.143. The lowest BCUT2D eigenvalue weighted by Gasteiger charge is -2.39. The van der Waals surface area contributed by atoms with E-state index in [4.69, 9.17) is 14.7 Å². The summed E-state index contributed by atoms with van der Waals surface area (Å²) < 4.78 is 5.38. The zero-order valence-electron chi connectivity index (χ0n) is 20.9. The first kappa shape index (κ1) is 23.9. The smallest absolute Gasteiger partial charge is 0.169 e. The third-order valence-electron chi connectivity index (χ3n) is 7.09. The number of aromatic nitrogens is 1. The fourth-order valence-corrected chi connectivity index (χ4v) is 6.12. The molecular weight excluding hydrogens is 454 g/mol. The molecule has 2 aliphatic rings. The number of nitrogens with zero attached hydrogens (tertiary/aromatic N) is 5. The molecule has 0 bridgehead atoms. The highest BCUT2D eigenvalue weighted by atomic mass is 32.2. The first-order chi connectivity index (χ1) is 17.1. The number of benzene rings is 2. The van der Waals surface area contributed by atoms with Gasteiger partial charge in [0.15, 0.2) is 5.50 Å². The van der Waals surface area contributed by atoms with Crippen LogP contribution in [0, 0.1) is 0 Å². The zero-order chi connectivity index (χ0) is 24.2. The van der Waals surface area contributed by atoms with Crippen molar-refractivity contribution in [1.82, 2.24) is 14.8 Å². The van der Waals surface area contributed by atoms with Crippen LogP contribution in [-0.2, 0) is 0 Å². The van der Waals surface area contributed by atoms with Crippen LogP contribution in [0.15, 0.2) is 59.6 Å². The van der Waals surface area contributed by atoms with Gasteiger partial charge in [0.1, 0.15) is 11.6 Å². The number of fused-ring (bicyclic) bond motifs is 2. The molecule has 0 amide bonds. The van der Waals surface area contributed by atoms with Crippen LogP contribution in [0.25, 0.3) is 17.1 Å². The van der Waals surface area contributed by atoms with E-state index in [1.807, 2.05) is 17.8 Å². The van der Waals surface area contributed by atoms with Crippen molar-refractivity contribution < 1.29 is 4.74 Å². The van der Waals surface area contributed by atoms with Crippen molar-refractivity contribution >= 4 is 34.7 Å². The molecule has 1 fully saturated rings. The predicted molar refractivity (Wildman–Crippen MR) is 146 cm³/mol. The van der Waals surface area contributed by atoms with Gasteiger partial charge in [0.05, 0.1) is 18.0 Å². The number of ether oxygens (including phenoxy) is 1. The van der Waals surface area contributed by atoms with Crippen molar-refractivity contribution in [2.75, 3.05) is 50.5 Å². The quantitative estimate of drug-likeness (QED) is 0.482. The first-order valence-electron chi connectivity index (χ1n) is 12.6. The molecule has 0 saturated carbocycles. The maximum atomic E-state index is 5.38. The summed E-state index contributed by atoms with van der Waals surface area (Å²) in [5.41, 5.74) is 1.22. The molecule has 6 nitrogen and oxygen atoms in total. The Labute approximate surface area is 212 Å². The first-order valence-corrected chi connectivity index (χ1v) is 13.7. The van der Waals surface area contributed by atoms with Crippen LogP contribution in [0.1, 0.15) is 20.3 Å². The molecule has 3 heterocycles. The molecule has 2 atom stereocenters. The molecule has 2 unspecified atom stereocenters. The van der Waals surface area contributed by atoms with E-state index in [-0.39, 0.29) is 5.50 Å². The summed E-state index contributed by atoms with van der Waals surface area (Å²) >= 11 is 1.94. The van der Waals surface area contributed by atoms with E-state index in [0.29, 0.717) is 6.04 Å². The van der Waals surface area contributed by atoms with Crippen molar-refractivity contribution in [2.45, 2.75) is 31.8 Å². The van der Waals surface area contributed by atoms with Gasteiger partial charge in [-0.05, 0) is 62.4 Å². The minimum absolute atomic E-state index is 0.143. The molecule has 2 aliphatic heterocycles. The summed E-state index contributed by atoms with van der Waals surface area (Å²) in [5.74, 6) is 3.07. The molecule has 0 radical (unpaired) electrons. The molecule has 1 saturated heterocycles. The highest BCUT2D eigenvalue weighted by Crippen LogP contribution is 2.23. The molecule has 184 valence electrons. The van der Waals surface area contributed by atoms with Gasteiger partial charge in [-0.25, -0.2) is 9.98 Å². The summed E-state index contributed by atoms with van der Waals surface area (Å²) in [7, 11) is 1.71. The highest BCUT2D eigenvalue weighted by molar-refractivity contribution is 7.99. The average Bonchev–Trinajstić information content (AvgIpc) is 2.92. The normalized spacial score (nSPS) is 19.1. The van der Waals surface area contributed by atoms with E-state index in [0.717, 1.165) is 72.6 Å². The fourth-order valence-electron chi connectivity index (χ4n) is 4.85. The number of anilines is 1. The molecule has 0 aliphatic carbocycles. The van der Waals surface area contributed by atoms with Crippen LogP contribution in [0.3, 0.4) is 0 Å². The van der Waals surface area contributed by atoms with Crippen LogP contribution >= 0.6 is 11.8 Å².